The molecule has 0 bridgehead atoms. The van der Waals surface area contributed by atoms with E-state index in [2.05, 4.69) is 69.7 Å². The Bertz CT molecular complexity index is 935. The second-order valence-electron chi connectivity index (χ2n) is 8.32. The average molecular weight is 420 g/mol. The van der Waals surface area contributed by atoms with Crippen LogP contribution in [-0.2, 0) is 24.4 Å². The molecule has 0 saturated carbocycles. The Morgan fingerprint density at radius 3 is 2.48 bits per heavy atom. The summed E-state index contributed by atoms with van der Waals surface area (Å²) in [5.74, 6) is 0. The Labute approximate surface area is 185 Å². The summed E-state index contributed by atoms with van der Waals surface area (Å²) in [5.41, 5.74) is 6.23. The molecular formula is C25H33N5O. The highest BCUT2D eigenvalue weighted by Crippen LogP contribution is 2.18. The van der Waals surface area contributed by atoms with Gasteiger partial charge < -0.3 is 4.74 Å². The predicted octanol–water partition coefficient (Wildman–Crippen LogP) is 3.28. The van der Waals surface area contributed by atoms with Crippen LogP contribution in [0.2, 0.25) is 0 Å². The molecule has 31 heavy (non-hydrogen) atoms. The minimum atomic E-state index is 0.809. The summed E-state index contributed by atoms with van der Waals surface area (Å²) in [6.07, 6.45) is 3.81. The molecule has 0 radical (unpaired) electrons. The zero-order chi connectivity index (χ0) is 21.5. The van der Waals surface area contributed by atoms with Gasteiger partial charge in [0, 0.05) is 62.9 Å². The molecule has 0 N–H and O–H groups in total. The molecule has 1 fully saturated rings. The van der Waals surface area contributed by atoms with E-state index >= 15 is 0 Å². The Kier molecular flexibility index (Phi) is 7.46. The number of aryl methyl sites for hydroxylation is 1. The van der Waals surface area contributed by atoms with Crippen LogP contribution in [0, 0.1) is 13.8 Å². The third-order valence-electron chi connectivity index (χ3n) is 6.05. The quantitative estimate of drug-likeness (QED) is 0.533. The smallest absolute Gasteiger partial charge is 0.0662 e. The van der Waals surface area contributed by atoms with E-state index in [1.165, 1.54) is 22.4 Å². The van der Waals surface area contributed by atoms with Gasteiger partial charge in [-0.2, -0.15) is 5.10 Å². The van der Waals surface area contributed by atoms with Crippen LogP contribution in [0.15, 0.2) is 54.9 Å². The van der Waals surface area contributed by atoms with Crippen molar-refractivity contribution < 1.29 is 4.74 Å². The van der Waals surface area contributed by atoms with Gasteiger partial charge in [-0.15, -0.1) is 0 Å². The van der Waals surface area contributed by atoms with Gasteiger partial charge in [-0.3, -0.25) is 19.5 Å². The van der Waals surface area contributed by atoms with Crippen LogP contribution in [0.3, 0.4) is 0 Å². The fraction of sp³-hybridized carbons (Fsp3) is 0.440. The summed E-state index contributed by atoms with van der Waals surface area (Å²) >= 11 is 0. The molecule has 1 saturated heterocycles. The maximum absolute atomic E-state index is 5.51. The maximum Gasteiger partial charge on any atom is 0.0662 e. The van der Waals surface area contributed by atoms with Crippen molar-refractivity contribution in [1.29, 1.82) is 0 Å². The first kappa shape index (κ1) is 21.7. The summed E-state index contributed by atoms with van der Waals surface area (Å²) in [7, 11) is 0. The highest BCUT2D eigenvalue weighted by Gasteiger charge is 2.18. The molecule has 0 atom stereocenters. The maximum atomic E-state index is 5.51. The summed E-state index contributed by atoms with van der Waals surface area (Å²) in [6.45, 7) is 12.7. The lowest BCUT2D eigenvalue weighted by Crippen LogP contribution is -2.41. The summed E-state index contributed by atoms with van der Waals surface area (Å²) in [6, 6.07) is 14.7. The lowest BCUT2D eigenvalue weighted by atomic mass is 10.1. The number of morpholine rings is 1. The van der Waals surface area contributed by atoms with Gasteiger partial charge in [0.15, 0.2) is 0 Å². The molecule has 3 aromatic rings. The van der Waals surface area contributed by atoms with E-state index in [9.17, 15) is 0 Å². The SMILES string of the molecule is Cc1nn(Cc2ccccc2)c(C)c1CN(CCN1CCOCC1)Cc1cccnc1. The first-order chi connectivity index (χ1) is 15.2. The van der Waals surface area contributed by atoms with E-state index in [1.54, 1.807) is 0 Å². The fourth-order valence-electron chi connectivity index (χ4n) is 4.17. The van der Waals surface area contributed by atoms with Gasteiger partial charge in [0.05, 0.1) is 25.5 Å². The minimum absolute atomic E-state index is 0.809. The molecule has 1 aliphatic rings. The summed E-state index contributed by atoms with van der Waals surface area (Å²) < 4.78 is 7.65. The van der Waals surface area contributed by atoms with Gasteiger partial charge in [-0.05, 0) is 31.0 Å². The average Bonchev–Trinajstić information content (AvgIpc) is 3.07. The van der Waals surface area contributed by atoms with Crippen molar-refractivity contribution in [3.63, 3.8) is 0 Å². The number of nitrogens with zero attached hydrogens (tertiary/aromatic N) is 5. The van der Waals surface area contributed by atoms with E-state index in [4.69, 9.17) is 9.84 Å². The number of aromatic nitrogens is 3. The monoisotopic (exact) mass is 419 g/mol. The summed E-state index contributed by atoms with van der Waals surface area (Å²) in [4.78, 5) is 9.33. The zero-order valence-electron chi connectivity index (χ0n) is 18.7. The molecular weight excluding hydrogens is 386 g/mol. The van der Waals surface area contributed by atoms with Crippen molar-refractivity contribution in [2.75, 3.05) is 39.4 Å². The van der Waals surface area contributed by atoms with E-state index in [0.717, 1.165) is 64.7 Å². The molecule has 6 nitrogen and oxygen atoms in total. The Balaban J connectivity index is 1.48. The molecule has 0 amide bonds. The Hall–Kier alpha value is -2.54. The van der Waals surface area contributed by atoms with Gasteiger partial charge in [0.25, 0.3) is 0 Å². The van der Waals surface area contributed by atoms with Gasteiger partial charge in [-0.1, -0.05) is 36.4 Å². The van der Waals surface area contributed by atoms with Crippen LogP contribution in [0.25, 0.3) is 0 Å². The number of rotatable bonds is 9. The van der Waals surface area contributed by atoms with Crippen LogP contribution < -0.4 is 0 Å². The molecule has 0 unspecified atom stereocenters. The van der Waals surface area contributed by atoms with E-state index in [1.807, 2.05) is 18.5 Å². The highest BCUT2D eigenvalue weighted by atomic mass is 16.5. The molecule has 1 aliphatic heterocycles. The largest absolute Gasteiger partial charge is 0.379 e. The van der Waals surface area contributed by atoms with Crippen LogP contribution in [0.5, 0.6) is 0 Å². The molecule has 6 heteroatoms. The van der Waals surface area contributed by atoms with Crippen LogP contribution in [-0.4, -0.2) is 64.0 Å². The van der Waals surface area contributed by atoms with Crippen LogP contribution in [0.4, 0.5) is 0 Å². The van der Waals surface area contributed by atoms with Gasteiger partial charge in [0.1, 0.15) is 0 Å². The number of benzene rings is 1. The highest BCUT2D eigenvalue weighted by molar-refractivity contribution is 5.26. The normalized spacial score (nSPS) is 14.9. The number of hydrogen-bond acceptors (Lipinski definition) is 5. The Morgan fingerprint density at radius 1 is 0.968 bits per heavy atom. The first-order valence-electron chi connectivity index (χ1n) is 11.2. The predicted molar refractivity (Wildman–Crippen MR) is 123 cm³/mol. The van der Waals surface area contributed by atoms with Crippen molar-refractivity contribution >= 4 is 0 Å². The third-order valence-corrected chi connectivity index (χ3v) is 6.05. The van der Waals surface area contributed by atoms with Crippen molar-refractivity contribution in [3.8, 4) is 0 Å². The van der Waals surface area contributed by atoms with E-state index in [-0.39, 0.29) is 0 Å². The van der Waals surface area contributed by atoms with E-state index in [0.29, 0.717) is 0 Å². The fourth-order valence-corrected chi connectivity index (χ4v) is 4.17. The van der Waals surface area contributed by atoms with Crippen LogP contribution in [0.1, 0.15) is 28.1 Å². The zero-order valence-corrected chi connectivity index (χ0v) is 18.7. The molecule has 4 rings (SSSR count). The lowest BCUT2D eigenvalue weighted by Gasteiger charge is -2.30. The Morgan fingerprint density at radius 2 is 1.74 bits per heavy atom. The second kappa shape index (κ2) is 10.7. The van der Waals surface area contributed by atoms with Crippen LogP contribution >= 0.6 is 0 Å². The molecule has 0 spiro atoms. The number of pyridine rings is 1. The van der Waals surface area contributed by atoms with Crippen molar-refractivity contribution in [1.82, 2.24) is 24.6 Å². The topological polar surface area (TPSA) is 46.4 Å². The van der Waals surface area contributed by atoms with Gasteiger partial charge >= 0.3 is 0 Å². The third kappa shape index (κ3) is 6.00. The van der Waals surface area contributed by atoms with Crippen molar-refractivity contribution in [2.45, 2.75) is 33.5 Å². The van der Waals surface area contributed by atoms with Crippen molar-refractivity contribution in [3.05, 3.63) is 82.9 Å². The minimum Gasteiger partial charge on any atom is -0.379 e. The second-order valence-corrected chi connectivity index (χ2v) is 8.32. The molecule has 1 aromatic carbocycles. The molecule has 3 heterocycles. The number of ether oxygens (including phenoxy) is 1. The lowest BCUT2D eigenvalue weighted by molar-refractivity contribution is 0.0324. The standard InChI is InChI=1S/C25H33N5O/c1-21-25(22(2)30(27-21)19-23-7-4-3-5-8-23)20-29(18-24-9-6-10-26-17-24)12-11-28-13-15-31-16-14-28/h3-10,17H,11-16,18-20H2,1-2H3. The first-order valence-corrected chi connectivity index (χ1v) is 11.2. The van der Waals surface area contributed by atoms with Gasteiger partial charge in [-0.25, -0.2) is 0 Å². The number of hydrogen-bond donors (Lipinski definition) is 0. The molecule has 0 aliphatic carbocycles. The molecule has 164 valence electrons. The van der Waals surface area contributed by atoms with Crippen molar-refractivity contribution in [2.24, 2.45) is 0 Å². The summed E-state index contributed by atoms with van der Waals surface area (Å²) in [5, 5.41) is 4.87. The molecule has 2 aromatic heterocycles. The van der Waals surface area contributed by atoms with E-state index < -0.39 is 0 Å². The van der Waals surface area contributed by atoms with Gasteiger partial charge in [0.2, 0.25) is 0 Å².